The van der Waals surface area contributed by atoms with E-state index in [1.165, 1.54) is 24.3 Å². The fourth-order valence-corrected chi connectivity index (χ4v) is 4.18. The van der Waals surface area contributed by atoms with Crippen molar-refractivity contribution < 1.29 is 26.8 Å². The number of sulfonamides is 1. The van der Waals surface area contributed by atoms with E-state index in [2.05, 4.69) is 15.4 Å². The molecular weight excluding hydrogens is 464 g/mol. The summed E-state index contributed by atoms with van der Waals surface area (Å²) >= 11 is 0. The summed E-state index contributed by atoms with van der Waals surface area (Å²) in [5, 5.41) is 4.94. The minimum absolute atomic E-state index is 0.0157. The number of nitrogens with one attached hydrogen (secondary N) is 3. The summed E-state index contributed by atoms with van der Waals surface area (Å²) in [6, 6.07) is 15.7. The van der Waals surface area contributed by atoms with E-state index in [9.17, 15) is 26.8 Å². The number of amides is 2. The summed E-state index contributed by atoms with van der Waals surface area (Å²) in [4.78, 5) is 25.2. The van der Waals surface area contributed by atoms with Crippen LogP contribution in [-0.4, -0.2) is 26.3 Å². The maximum Gasteiger partial charge on any atom is 0.261 e. The van der Waals surface area contributed by atoms with Crippen molar-refractivity contribution in [2.75, 3.05) is 10.0 Å². The maximum atomic E-state index is 13.9. The van der Waals surface area contributed by atoms with Gasteiger partial charge in [-0.05, 0) is 54.4 Å². The van der Waals surface area contributed by atoms with Crippen molar-refractivity contribution in [1.82, 2.24) is 5.32 Å². The lowest BCUT2D eigenvalue weighted by Gasteiger charge is -2.22. The largest absolute Gasteiger partial charge is 0.340 e. The van der Waals surface area contributed by atoms with Gasteiger partial charge >= 0.3 is 0 Å². The first-order valence-electron chi connectivity index (χ1n) is 10.3. The van der Waals surface area contributed by atoms with E-state index in [1.807, 2.05) is 0 Å². The summed E-state index contributed by atoms with van der Waals surface area (Å²) in [5.74, 6) is -4.17. The summed E-state index contributed by atoms with van der Waals surface area (Å²) in [7, 11) is -3.83. The van der Waals surface area contributed by atoms with Crippen LogP contribution in [0.15, 0.2) is 77.7 Å². The Kier molecular flexibility index (Phi) is 7.62. The van der Waals surface area contributed by atoms with E-state index < -0.39 is 51.0 Å². The van der Waals surface area contributed by atoms with Crippen molar-refractivity contribution in [3.8, 4) is 0 Å². The van der Waals surface area contributed by atoms with Crippen LogP contribution in [0.5, 0.6) is 0 Å². The molecule has 0 heterocycles. The van der Waals surface area contributed by atoms with Gasteiger partial charge in [-0.15, -0.1) is 0 Å². The third kappa shape index (κ3) is 5.96. The van der Waals surface area contributed by atoms with Crippen LogP contribution in [0.2, 0.25) is 0 Å². The van der Waals surface area contributed by atoms with Gasteiger partial charge in [-0.1, -0.05) is 38.1 Å². The summed E-state index contributed by atoms with van der Waals surface area (Å²) < 4.78 is 55.4. The highest BCUT2D eigenvalue weighted by Crippen LogP contribution is 2.19. The van der Waals surface area contributed by atoms with E-state index >= 15 is 0 Å². The Morgan fingerprint density at radius 1 is 0.794 bits per heavy atom. The first-order valence-corrected chi connectivity index (χ1v) is 11.8. The van der Waals surface area contributed by atoms with E-state index in [0.29, 0.717) is 5.69 Å². The van der Waals surface area contributed by atoms with Gasteiger partial charge < -0.3 is 10.6 Å². The SMILES string of the molecule is CC(C)C(NC(=O)c1c(F)cccc1F)C(=O)Nc1ccc(S(=O)(=O)Nc2ccccc2)cc1. The number of hydrogen-bond donors (Lipinski definition) is 3. The number of carbonyl (C=O) groups is 2. The average Bonchev–Trinajstić information content (AvgIpc) is 2.78. The van der Waals surface area contributed by atoms with Crippen LogP contribution in [0.25, 0.3) is 0 Å². The van der Waals surface area contributed by atoms with Crippen LogP contribution in [0, 0.1) is 17.6 Å². The molecule has 3 aromatic carbocycles. The molecule has 3 rings (SSSR count). The van der Waals surface area contributed by atoms with Gasteiger partial charge in [0.1, 0.15) is 23.2 Å². The van der Waals surface area contributed by atoms with Gasteiger partial charge in [0.25, 0.3) is 15.9 Å². The second-order valence-electron chi connectivity index (χ2n) is 7.78. The first kappa shape index (κ1) is 24.8. The minimum Gasteiger partial charge on any atom is -0.340 e. The van der Waals surface area contributed by atoms with Crippen LogP contribution >= 0.6 is 0 Å². The monoisotopic (exact) mass is 487 g/mol. The highest BCUT2D eigenvalue weighted by molar-refractivity contribution is 7.92. The van der Waals surface area contributed by atoms with Gasteiger partial charge in [-0.3, -0.25) is 14.3 Å². The third-order valence-electron chi connectivity index (χ3n) is 4.88. The zero-order valence-electron chi connectivity index (χ0n) is 18.4. The van der Waals surface area contributed by atoms with E-state index in [0.717, 1.165) is 18.2 Å². The van der Waals surface area contributed by atoms with Crippen LogP contribution < -0.4 is 15.4 Å². The molecular formula is C24H23F2N3O4S. The molecule has 0 fully saturated rings. The molecule has 0 bridgehead atoms. The van der Waals surface area contributed by atoms with Gasteiger partial charge in [0, 0.05) is 11.4 Å². The van der Waals surface area contributed by atoms with Gasteiger partial charge in [-0.2, -0.15) is 0 Å². The molecule has 0 radical (unpaired) electrons. The zero-order valence-corrected chi connectivity index (χ0v) is 19.2. The Labute approximate surface area is 196 Å². The summed E-state index contributed by atoms with van der Waals surface area (Å²) in [5.41, 5.74) is -0.0938. The molecule has 0 saturated carbocycles. The van der Waals surface area contributed by atoms with Gasteiger partial charge in [-0.25, -0.2) is 17.2 Å². The second kappa shape index (κ2) is 10.4. The number of para-hydroxylation sites is 1. The van der Waals surface area contributed by atoms with Gasteiger partial charge in [0.15, 0.2) is 0 Å². The molecule has 34 heavy (non-hydrogen) atoms. The number of benzene rings is 3. The van der Waals surface area contributed by atoms with Crippen molar-refractivity contribution in [2.45, 2.75) is 24.8 Å². The fourth-order valence-electron chi connectivity index (χ4n) is 3.12. The van der Waals surface area contributed by atoms with Crippen molar-refractivity contribution in [2.24, 2.45) is 5.92 Å². The highest BCUT2D eigenvalue weighted by Gasteiger charge is 2.27. The Hall–Kier alpha value is -3.79. The molecule has 3 aromatic rings. The Morgan fingerprint density at radius 3 is 1.94 bits per heavy atom. The molecule has 10 heteroatoms. The van der Waals surface area contributed by atoms with E-state index in [1.54, 1.807) is 44.2 Å². The molecule has 0 aromatic heterocycles. The number of carbonyl (C=O) groups excluding carboxylic acids is 2. The quantitative estimate of drug-likeness (QED) is 0.444. The topological polar surface area (TPSA) is 104 Å². The number of halogens is 2. The lowest BCUT2D eigenvalue weighted by atomic mass is 10.0. The minimum atomic E-state index is -3.83. The average molecular weight is 488 g/mol. The second-order valence-corrected chi connectivity index (χ2v) is 9.46. The van der Waals surface area contributed by atoms with Crippen molar-refractivity contribution in [1.29, 1.82) is 0 Å². The van der Waals surface area contributed by atoms with Crippen LogP contribution in [0.1, 0.15) is 24.2 Å². The Bertz CT molecular complexity index is 1260. The Morgan fingerprint density at radius 2 is 1.38 bits per heavy atom. The lowest BCUT2D eigenvalue weighted by molar-refractivity contribution is -0.118. The zero-order chi connectivity index (χ0) is 24.9. The lowest BCUT2D eigenvalue weighted by Crippen LogP contribution is -2.47. The first-order chi connectivity index (χ1) is 16.1. The number of hydrogen-bond acceptors (Lipinski definition) is 4. The summed E-state index contributed by atoms with van der Waals surface area (Å²) in [6.07, 6.45) is 0. The predicted molar refractivity (Wildman–Crippen MR) is 125 cm³/mol. The fraction of sp³-hybridized carbons (Fsp3) is 0.167. The smallest absolute Gasteiger partial charge is 0.261 e. The molecule has 3 N–H and O–H groups in total. The summed E-state index contributed by atoms with van der Waals surface area (Å²) in [6.45, 7) is 3.32. The van der Waals surface area contributed by atoms with Crippen molar-refractivity contribution >= 4 is 33.2 Å². The van der Waals surface area contributed by atoms with E-state index in [4.69, 9.17) is 0 Å². The van der Waals surface area contributed by atoms with Crippen LogP contribution in [0.3, 0.4) is 0 Å². The molecule has 0 saturated heterocycles. The molecule has 1 unspecified atom stereocenters. The molecule has 2 amide bonds. The third-order valence-corrected chi connectivity index (χ3v) is 6.28. The maximum absolute atomic E-state index is 13.9. The van der Waals surface area contributed by atoms with Crippen molar-refractivity contribution in [3.63, 3.8) is 0 Å². The molecule has 0 spiro atoms. The van der Waals surface area contributed by atoms with Gasteiger partial charge in [0.2, 0.25) is 5.91 Å². The Balaban J connectivity index is 1.71. The van der Waals surface area contributed by atoms with E-state index in [-0.39, 0.29) is 10.6 Å². The number of rotatable bonds is 8. The van der Waals surface area contributed by atoms with Crippen molar-refractivity contribution in [3.05, 3.63) is 90.0 Å². The van der Waals surface area contributed by atoms with Crippen LogP contribution in [-0.2, 0) is 14.8 Å². The standard InChI is InChI=1S/C24H23F2N3O4S/c1-15(2)22(28-23(30)21-19(25)9-6-10-20(21)26)24(31)27-16-11-13-18(14-12-16)34(32,33)29-17-7-4-3-5-8-17/h3-15,22,29H,1-2H3,(H,27,31)(H,28,30). The van der Waals surface area contributed by atoms with Gasteiger partial charge in [0.05, 0.1) is 4.90 Å². The highest BCUT2D eigenvalue weighted by atomic mass is 32.2. The molecule has 1 atom stereocenters. The van der Waals surface area contributed by atoms with Crippen LogP contribution in [0.4, 0.5) is 20.2 Å². The molecule has 0 aliphatic rings. The number of anilines is 2. The normalized spacial score (nSPS) is 12.1. The molecule has 0 aliphatic heterocycles. The molecule has 178 valence electrons. The predicted octanol–water partition coefficient (Wildman–Crippen LogP) is 4.16. The molecule has 7 nitrogen and oxygen atoms in total. The molecule has 0 aliphatic carbocycles.